The van der Waals surface area contributed by atoms with Gasteiger partial charge in [-0.05, 0) is 71.0 Å². The number of hydrogen-bond donors (Lipinski definition) is 3. The number of fused-ring (bicyclic) bond motifs is 3. The van der Waals surface area contributed by atoms with E-state index in [0.29, 0.717) is 95.8 Å². The van der Waals surface area contributed by atoms with Gasteiger partial charge in [0.25, 0.3) is 5.91 Å². The highest BCUT2D eigenvalue weighted by Gasteiger charge is 2.54. The van der Waals surface area contributed by atoms with Crippen molar-refractivity contribution < 1.29 is 62.3 Å². The third kappa shape index (κ3) is 7.90. The molecule has 17 nitrogen and oxygen atoms in total. The molecule has 3 aliphatic heterocycles. The van der Waals surface area contributed by atoms with Gasteiger partial charge < -0.3 is 58.1 Å². The van der Waals surface area contributed by atoms with E-state index in [1.807, 2.05) is 69.3 Å². The molecule has 4 atom stereocenters. The fourth-order valence-electron chi connectivity index (χ4n) is 9.63. The summed E-state index contributed by atoms with van der Waals surface area (Å²) in [5, 5.41) is 28.3. The zero-order chi connectivity index (χ0) is 46.4. The minimum Gasteiger partial charge on any atom is -0.508 e. The van der Waals surface area contributed by atoms with Gasteiger partial charge in [0, 0.05) is 62.7 Å². The number of phenols is 2. The molecule has 4 aromatic carbocycles. The highest BCUT2D eigenvalue weighted by Crippen LogP contribution is 2.57. The van der Waals surface area contributed by atoms with Crippen molar-refractivity contribution in [2.24, 2.45) is 11.8 Å². The summed E-state index contributed by atoms with van der Waals surface area (Å²) in [6, 6.07) is 18.0. The number of methoxy groups -OCH3 is 3. The number of ether oxygens (including phenoxy) is 7. The van der Waals surface area contributed by atoms with Crippen molar-refractivity contribution in [3.8, 4) is 62.7 Å². The van der Waals surface area contributed by atoms with Crippen LogP contribution in [0.1, 0.15) is 77.0 Å². The Bertz CT molecular complexity index is 2650. The number of carbonyl (C=O) groups is 3. The van der Waals surface area contributed by atoms with Crippen LogP contribution in [0, 0.1) is 11.8 Å². The summed E-state index contributed by atoms with van der Waals surface area (Å²) in [6.07, 6.45) is -1.31. The third-order valence-corrected chi connectivity index (χ3v) is 12.9. The summed E-state index contributed by atoms with van der Waals surface area (Å²) in [5.74, 6) is -0.316. The van der Waals surface area contributed by atoms with Crippen LogP contribution in [0.25, 0.3) is 22.5 Å². The number of aromatic nitrogens is 1. The van der Waals surface area contributed by atoms with E-state index in [9.17, 15) is 24.6 Å². The predicted octanol–water partition coefficient (Wildman–Crippen LogP) is 6.98. The molecule has 0 radical (unpaired) electrons. The third-order valence-electron chi connectivity index (χ3n) is 12.9. The molecular formula is C49H52N4O13. The standard InChI is InChI=1S/C49H52N4O13/c1-7-50-47(56)43-41(45(66-51-43)32-18-29(25(2)3)34(54)21-35(32)55)27-10-8-26(9-11-27)22-52-12-14-53(15-13-52)49(58)65-44-31-20-37-36(63-24-64-37)19-30(31)40(42-33(44)23-62-48(42)57)28-16-38(59-4)46(61-6)39(17-28)60-5/h8-11,16-21,25,33,40,42,44,54-55H,7,12-15,22-24H2,1-6H3,(H,50,56)/t33-,40+,42-,44-/m0/s1. The van der Waals surface area contributed by atoms with Gasteiger partial charge >= 0.3 is 12.1 Å². The van der Waals surface area contributed by atoms with E-state index >= 15 is 0 Å². The number of nitrogens with zero attached hydrogens (tertiary/aromatic N) is 3. The maximum Gasteiger partial charge on any atom is 0.410 e. The SMILES string of the molecule is CCNC(=O)c1noc(-c2cc(C(C)C)c(O)cc2O)c1-c1ccc(CN2CCN(C(=O)O[C@H]3c4cc5c(cc4[C@@H](c4cc(OC)c(OC)c(OC)c4)[C@H]4C(=O)OC[C@@H]43)OCO5)CC2)cc1. The van der Waals surface area contributed by atoms with Crippen molar-refractivity contribution in [1.29, 1.82) is 0 Å². The smallest absolute Gasteiger partial charge is 0.410 e. The van der Waals surface area contributed by atoms with Gasteiger partial charge in [-0.3, -0.25) is 14.5 Å². The number of piperazine rings is 1. The number of aromatic hydroxyl groups is 2. The first-order valence-corrected chi connectivity index (χ1v) is 21.9. The molecule has 0 spiro atoms. The van der Waals surface area contributed by atoms with E-state index in [4.69, 9.17) is 37.7 Å². The lowest BCUT2D eigenvalue weighted by Gasteiger charge is -2.40. The molecule has 5 aromatic rings. The van der Waals surface area contributed by atoms with Crippen LogP contribution >= 0.6 is 0 Å². The number of cyclic esters (lactones) is 1. The minimum atomic E-state index is -0.817. The lowest BCUT2D eigenvalue weighted by molar-refractivity contribution is -0.141. The maximum absolute atomic E-state index is 14.1. The van der Waals surface area contributed by atoms with Crippen molar-refractivity contribution in [3.05, 3.63) is 94.2 Å². The van der Waals surface area contributed by atoms with Gasteiger partial charge in [-0.25, -0.2) is 4.79 Å². The number of phenolic OH excluding ortho intramolecular Hbond substituents is 2. The topological polar surface area (TPSA) is 201 Å². The molecule has 2 saturated heterocycles. The van der Waals surface area contributed by atoms with Gasteiger partial charge in [0.1, 0.15) is 17.6 Å². The molecule has 0 bridgehead atoms. The maximum atomic E-state index is 14.1. The molecule has 0 saturated carbocycles. The predicted molar refractivity (Wildman–Crippen MR) is 237 cm³/mol. The molecule has 9 rings (SSSR count). The van der Waals surface area contributed by atoms with Crippen LogP contribution in [-0.2, 0) is 20.8 Å². The number of esters is 1. The van der Waals surface area contributed by atoms with Crippen LogP contribution in [-0.4, -0.2) is 111 Å². The summed E-state index contributed by atoms with van der Waals surface area (Å²) in [7, 11) is 4.60. The van der Waals surface area contributed by atoms with Crippen molar-refractivity contribution in [2.75, 3.05) is 67.5 Å². The average molecular weight is 905 g/mol. The first-order chi connectivity index (χ1) is 31.9. The zero-order valence-electron chi connectivity index (χ0n) is 37.5. The molecule has 1 aliphatic carbocycles. The Balaban J connectivity index is 0.920. The molecule has 4 heterocycles. The van der Waals surface area contributed by atoms with Gasteiger partial charge in [0.15, 0.2) is 34.5 Å². The van der Waals surface area contributed by atoms with Gasteiger partial charge in [0.2, 0.25) is 12.5 Å². The van der Waals surface area contributed by atoms with Crippen LogP contribution in [0.3, 0.4) is 0 Å². The van der Waals surface area contributed by atoms with Crippen molar-refractivity contribution in [1.82, 2.24) is 20.3 Å². The fourth-order valence-corrected chi connectivity index (χ4v) is 9.63. The first kappa shape index (κ1) is 44.1. The molecule has 17 heteroatoms. The van der Waals surface area contributed by atoms with E-state index in [1.54, 1.807) is 11.0 Å². The lowest BCUT2D eigenvalue weighted by atomic mass is 9.66. The second kappa shape index (κ2) is 18.0. The lowest BCUT2D eigenvalue weighted by Crippen LogP contribution is -2.49. The average Bonchev–Trinajstić information content (AvgIpc) is 4.07. The minimum absolute atomic E-state index is 0.0357. The highest BCUT2D eigenvalue weighted by atomic mass is 16.7. The molecule has 1 aromatic heterocycles. The number of rotatable bonds is 12. The number of benzene rings is 4. The summed E-state index contributed by atoms with van der Waals surface area (Å²) in [6.45, 7) is 8.68. The van der Waals surface area contributed by atoms with Crippen LogP contribution < -0.4 is 29.0 Å². The van der Waals surface area contributed by atoms with E-state index in [1.165, 1.54) is 27.4 Å². The van der Waals surface area contributed by atoms with Crippen molar-refractivity contribution in [2.45, 2.75) is 45.3 Å². The summed E-state index contributed by atoms with van der Waals surface area (Å²) < 4.78 is 46.4. The Morgan fingerprint density at radius 1 is 0.864 bits per heavy atom. The van der Waals surface area contributed by atoms with Gasteiger partial charge in [-0.2, -0.15) is 0 Å². The second-order valence-corrected chi connectivity index (χ2v) is 17.0. The Morgan fingerprint density at radius 2 is 1.55 bits per heavy atom. The highest BCUT2D eigenvalue weighted by molar-refractivity contribution is 6.02. The monoisotopic (exact) mass is 904 g/mol. The van der Waals surface area contributed by atoms with Crippen LogP contribution in [0.5, 0.6) is 40.2 Å². The molecule has 2 amide bonds. The number of nitrogens with one attached hydrogen (secondary N) is 1. The summed E-state index contributed by atoms with van der Waals surface area (Å²) >= 11 is 0. The van der Waals surface area contributed by atoms with Gasteiger partial charge in [-0.15, -0.1) is 0 Å². The normalized spacial score (nSPS) is 19.8. The molecule has 0 unspecified atom stereocenters. The second-order valence-electron chi connectivity index (χ2n) is 17.0. The number of carbonyl (C=O) groups excluding carboxylic acids is 3. The molecule has 346 valence electrons. The molecule has 66 heavy (non-hydrogen) atoms. The largest absolute Gasteiger partial charge is 0.508 e. The van der Waals surface area contributed by atoms with Crippen LogP contribution in [0.4, 0.5) is 4.79 Å². The van der Waals surface area contributed by atoms with Crippen LogP contribution in [0.2, 0.25) is 0 Å². The van der Waals surface area contributed by atoms with E-state index in [0.717, 1.165) is 16.7 Å². The summed E-state index contributed by atoms with van der Waals surface area (Å²) in [4.78, 5) is 44.9. The number of amides is 2. The quantitative estimate of drug-likeness (QED) is 0.108. The molecule has 4 aliphatic rings. The summed E-state index contributed by atoms with van der Waals surface area (Å²) in [5.41, 5.74) is 5.22. The van der Waals surface area contributed by atoms with E-state index in [-0.39, 0.29) is 42.3 Å². The Morgan fingerprint density at radius 3 is 2.18 bits per heavy atom. The zero-order valence-corrected chi connectivity index (χ0v) is 37.5. The molecular weight excluding hydrogens is 853 g/mol. The number of hydrogen-bond acceptors (Lipinski definition) is 15. The van der Waals surface area contributed by atoms with Gasteiger partial charge in [-0.1, -0.05) is 43.3 Å². The van der Waals surface area contributed by atoms with Gasteiger partial charge in [0.05, 0.1) is 45.0 Å². The van der Waals surface area contributed by atoms with Crippen molar-refractivity contribution >= 4 is 18.0 Å². The Kier molecular flexibility index (Phi) is 12.0. The Hall–Kier alpha value is -7.14. The Labute approximate surface area is 381 Å². The fraction of sp³-hybridized carbons (Fsp3) is 0.388. The van der Waals surface area contributed by atoms with E-state index < -0.39 is 41.8 Å². The van der Waals surface area contributed by atoms with Crippen molar-refractivity contribution in [3.63, 3.8) is 0 Å². The van der Waals surface area contributed by atoms with Crippen LogP contribution in [0.15, 0.2) is 65.2 Å². The first-order valence-electron chi connectivity index (χ1n) is 21.9. The van der Waals surface area contributed by atoms with E-state index in [2.05, 4.69) is 15.4 Å². The molecule has 3 N–H and O–H groups in total. The molecule has 2 fully saturated rings.